The Morgan fingerprint density at radius 1 is 1.41 bits per heavy atom. The summed E-state index contributed by atoms with van der Waals surface area (Å²) in [5.41, 5.74) is 5.21. The second-order valence-corrected chi connectivity index (χ2v) is 6.05. The second-order valence-electron chi connectivity index (χ2n) is 6.05. The quantitative estimate of drug-likeness (QED) is 0.761. The number of aliphatic hydroxyl groups is 1. The molecule has 2 atom stereocenters. The number of aliphatic hydroxyl groups excluding tert-OH is 1. The number of primary amides is 1. The number of likely N-dealkylation sites (tertiary alicyclic amines) is 1. The maximum atomic E-state index is 10.9. The smallest absolute Gasteiger partial charge is 0.217 e. The molecule has 0 saturated carbocycles. The first kappa shape index (κ1) is 16.8. The molecule has 0 radical (unpaired) electrons. The lowest BCUT2D eigenvalue weighted by Gasteiger charge is -2.33. The van der Waals surface area contributed by atoms with Crippen LogP contribution in [-0.4, -0.2) is 48.3 Å². The number of rotatable bonds is 8. The van der Waals surface area contributed by atoms with Crippen LogP contribution >= 0.6 is 0 Å². The average molecular weight is 306 g/mol. The van der Waals surface area contributed by atoms with E-state index in [9.17, 15) is 9.90 Å². The van der Waals surface area contributed by atoms with Crippen molar-refractivity contribution in [3.8, 4) is 5.75 Å². The summed E-state index contributed by atoms with van der Waals surface area (Å²) < 4.78 is 5.58. The number of nitrogens with zero attached hydrogens (tertiary/aromatic N) is 1. The Bertz CT molecular complexity index is 452. The van der Waals surface area contributed by atoms with Crippen LogP contribution in [0, 0.1) is 5.92 Å². The van der Waals surface area contributed by atoms with E-state index in [2.05, 4.69) is 4.90 Å². The minimum atomic E-state index is -0.505. The average Bonchev–Trinajstić information content (AvgIpc) is 2.52. The molecule has 1 aliphatic rings. The highest BCUT2D eigenvalue weighted by atomic mass is 16.5. The number of amides is 1. The van der Waals surface area contributed by atoms with E-state index < -0.39 is 6.10 Å². The van der Waals surface area contributed by atoms with Crippen molar-refractivity contribution in [2.45, 2.75) is 31.8 Å². The fourth-order valence-corrected chi connectivity index (χ4v) is 2.96. The monoisotopic (exact) mass is 306 g/mol. The summed E-state index contributed by atoms with van der Waals surface area (Å²) in [5, 5.41) is 10.1. The van der Waals surface area contributed by atoms with E-state index in [4.69, 9.17) is 10.5 Å². The molecule has 1 aliphatic heterocycles. The van der Waals surface area contributed by atoms with Crippen molar-refractivity contribution in [3.63, 3.8) is 0 Å². The molecule has 22 heavy (non-hydrogen) atoms. The van der Waals surface area contributed by atoms with E-state index in [1.165, 1.54) is 0 Å². The molecule has 1 heterocycles. The van der Waals surface area contributed by atoms with Crippen LogP contribution in [-0.2, 0) is 4.79 Å². The van der Waals surface area contributed by atoms with Crippen molar-refractivity contribution in [2.75, 3.05) is 26.2 Å². The van der Waals surface area contributed by atoms with E-state index in [0.717, 1.165) is 38.1 Å². The molecule has 1 fully saturated rings. The highest BCUT2D eigenvalue weighted by Crippen LogP contribution is 2.21. The number of hydrogen-bond donors (Lipinski definition) is 2. The molecule has 0 aliphatic carbocycles. The van der Waals surface area contributed by atoms with Crippen LogP contribution in [0.25, 0.3) is 0 Å². The number of carbonyl (C=O) groups excluding carboxylic acids is 1. The Labute approximate surface area is 132 Å². The van der Waals surface area contributed by atoms with Crippen molar-refractivity contribution in [3.05, 3.63) is 30.3 Å². The SMILES string of the molecule is NC(=O)CCC1CCCN(CC(O)COc2ccccc2)C1. The lowest BCUT2D eigenvalue weighted by molar-refractivity contribution is -0.118. The Kier molecular flexibility index (Phi) is 6.68. The molecule has 0 spiro atoms. The molecule has 1 amide bonds. The number of carbonyl (C=O) groups is 1. The van der Waals surface area contributed by atoms with Gasteiger partial charge in [-0.25, -0.2) is 0 Å². The molecule has 1 aromatic carbocycles. The zero-order valence-corrected chi connectivity index (χ0v) is 13.0. The van der Waals surface area contributed by atoms with Gasteiger partial charge in [-0.15, -0.1) is 0 Å². The van der Waals surface area contributed by atoms with Gasteiger partial charge in [-0.3, -0.25) is 4.79 Å². The third-order valence-corrected chi connectivity index (χ3v) is 4.06. The van der Waals surface area contributed by atoms with E-state index in [0.29, 0.717) is 25.5 Å². The van der Waals surface area contributed by atoms with Crippen LogP contribution in [0.5, 0.6) is 5.75 Å². The molecule has 5 nitrogen and oxygen atoms in total. The van der Waals surface area contributed by atoms with Crippen LogP contribution < -0.4 is 10.5 Å². The van der Waals surface area contributed by atoms with Crippen molar-refractivity contribution in [2.24, 2.45) is 11.7 Å². The molecule has 2 unspecified atom stereocenters. The Balaban J connectivity index is 1.69. The number of piperidine rings is 1. The van der Waals surface area contributed by atoms with Crippen LogP contribution in [0.4, 0.5) is 0 Å². The zero-order valence-electron chi connectivity index (χ0n) is 13.0. The maximum absolute atomic E-state index is 10.9. The lowest BCUT2D eigenvalue weighted by atomic mass is 9.93. The third kappa shape index (κ3) is 6.03. The topological polar surface area (TPSA) is 75.8 Å². The van der Waals surface area contributed by atoms with Gasteiger partial charge in [0, 0.05) is 19.5 Å². The second kappa shape index (κ2) is 8.76. The number of ether oxygens (including phenoxy) is 1. The maximum Gasteiger partial charge on any atom is 0.217 e. The van der Waals surface area contributed by atoms with E-state index >= 15 is 0 Å². The molecule has 0 aromatic heterocycles. The number of nitrogens with two attached hydrogens (primary N) is 1. The largest absolute Gasteiger partial charge is 0.491 e. The lowest BCUT2D eigenvalue weighted by Crippen LogP contribution is -2.42. The number of benzene rings is 1. The van der Waals surface area contributed by atoms with Gasteiger partial charge in [0.15, 0.2) is 0 Å². The Morgan fingerprint density at radius 2 is 2.18 bits per heavy atom. The molecule has 5 heteroatoms. The van der Waals surface area contributed by atoms with E-state index in [1.54, 1.807) is 0 Å². The van der Waals surface area contributed by atoms with Crippen LogP contribution in [0.1, 0.15) is 25.7 Å². The fraction of sp³-hybridized carbons (Fsp3) is 0.588. The summed E-state index contributed by atoms with van der Waals surface area (Å²) in [6.45, 7) is 2.83. The normalized spacial score (nSPS) is 20.5. The predicted molar refractivity (Wildman–Crippen MR) is 85.5 cm³/mol. The molecular formula is C17H26N2O3. The molecule has 3 N–H and O–H groups in total. The zero-order chi connectivity index (χ0) is 15.8. The highest BCUT2D eigenvalue weighted by Gasteiger charge is 2.22. The first-order valence-corrected chi connectivity index (χ1v) is 8.00. The molecule has 1 aromatic rings. The summed E-state index contributed by atoms with van der Waals surface area (Å²) >= 11 is 0. The summed E-state index contributed by atoms with van der Waals surface area (Å²) in [7, 11) is 0. The standard InChI is InChI=1S/C17H26N2O3/c18-17(21)9-8-14-5-4-10-19(11-14)12-15(20)13-22-16-6-2-1-3-7-16/h1-3,6-7,14-15,20H,4-5,8-13H2,(H2,18,21). The van der Waals surface area contributed by atoms with Gasteiger partial charge in [0.05, 0.1) is 0 Å². The number of β-amino-alcohol motifs (C(OH)–C–C–N with tert-alkyl or cyclic N) is 1. The minimum absolute atomic E-state index is 0.228. The van der Waals surface area contributed by atoms with Gasteiger partial charge in [0.2, 0.25) is 5.91 Å². The van der Waals surface area contributed by atoms with Gasteiger partial charge in [0.25, 0.3) is 0 Å². The van der Waals surface area contributed by atoms with Gasteiger partial charge >= 0.3 is 0 Å². The van der Waals surface area contributed by atoms with Crippen molar-refractivity contribution >= 4 is 5.91 Å². The van der Waals surface area contributed by atoms with Gasteiger partial charge < -0.3 is 20.5 Å². The molecule has 122 valence electrons. The van der Waals surface area contributed by atoms with Crippen molar-refractivity contribution in [1.82, 2.24) is 4.90 Å². The van der Waals surface area contributed by atoms with Crippen LogP contribution in [0.3, 0.4) is 0 Å². The van der Waals surface area contributed by atoms with Crippen molar-refractivity contribution in [1.29, 1.82) is 0 Å². The first-order chi connectivity index (χ1) is 10.6. The molecular weight excluding hydrogens is 280 g/mol. The molecule has 0 bridgehead atoms. The van der Waals surface area contributed by atoms with Crippen LogP contribution in [0.2, 0.25) is 0 Å². The highest BCUT2D eigenvalue weighted by molar-refractivity contribution is 5.73. The summed E-state index contributed by atoms with van der Waals surface area (Å²) in [6.07, 6.45) is 3.05. The van der Waals surface area contributed by atoms with E-state index in [-0.39, 0.29) is 5.91 Å². The summed E-state index contributed by atoms with van der Waals surface area (Å²) in [6, 6.07) is 9.52. The minimum Gasteiger partial charge on any atom is -0.491 e. The van der Waals surface area contributed by atoms with Crippen LogP contribution in [0.15, 0.2) is 30.3 Å². The number of para-hydroxylation sites is 1. The third-order valence-electron chi connectivity index (χ3n) is 4.06. The van der Waals surface area contributed by atoms with Gasteiger partial charge in [-0.05, 0) is 43.9 Å². The van der Waals surface area contributed by atoms with Gasteiger partial charge in [-0.2, -0.15) is 0 Å². The number of hydrogen-bond acceptors (Lipinski definition) is 4. The molecule has 2 rings (SSSR count). The summed E-state index contributed by atoms with van der Waals surface area (Å²) in [5.74, 6) is 1.05. The summed E-state index contributed by atoms with van der Waals surface area (Å²) in [4.78, 5) is 13.1. The Hall–Kier alpha value is -1.59. The van der Waals surface area contributed by atoms with Gasteiger partial charge in [-0.1, -0.05) is 18.2 Å². The van der Waals surface area contributed by atoms with E-state index in [1.807, 2.05) is 30.3 Å². The fourth-order valence-electron chi connectivity index (χ4n) is 2.96. The van der Waals surface area contributed by atoms with Gasteiger partial charge in [0.1, 0.15) is 18.5 Å². The predicted octanol–water partition coefficient (Wildman–Crippen LogP) is 1.40. The Morgan fingerprint density at radius 3 is 2.91 bits per heavy atom. The molecule has 1 saturated heterocycles. The first-order valence-electron chi connectivity index (χ1n) is 8.00. The van der Waals surface area contributed by atoms with Crippen molar-refractivity contribution < 1.29 is 14.6 Å².